The number of halogens is 2. The summed E-state index contributed by atoms with van der Waals surface area (Å²) in [7, 11) is 0. The summed E-state index contributed by atoms with van der Waals surface area (Å²) >= 11 is 5.96. The molecule has 0 spiro atoms. The topological polar surface area (TPSA) is 0 Å². The van der Waals surface area contributed by atoms with Crippen molar-refractivity contribution in [2.45, 2.75) is 18.8 Å². The molecule has 3 rings (SSSR count). The van der Waals surface area contributed by atoms with Gasteiger partial charge in [0.25, 0.3) is 0 Å². The van der Waals surface area contributed by atoms with Crippen molar-refractivity contribution in [2.24, 2.45) is 0 Å². The Kier molecular flexibility index (Phi) is 3.26. The lowest BCUT2D eigenvalue weighted by atomic mass is 9.97. The van der Waals surface area contributed by atoms with E-state index in [2.05, 4.69) is 81.0 Å². The summed E-state index contributed by atoms with van der Waals surface area (Å²) in [5.41, 5.74) is 4.23. The van der Waals surface area contributed by atoms with Crippen LogP contribution in [0.2, 0.25) is 0 Å². The van der Waals surface area contributed by atoms with Gasteiger partial charge in [-0.15, -0.1) is 0 Å². The van der Waals surface area contributed by atoms with Crippen molar-refractivity contribution in [1.82, 2.24) is 0 Å². The quantitative estimate of drug-likeness (QED) is 0.577. The Bertz CT molecular complexity index is 559. The van der Waals surface area contributed by atoms with Crippen LogP contribution >= 0.6 is 38.5 Å². The maximum absolute atomic E-state index is 3.61. The molecule has 0 aliphatic heterocycles. The van der Waals surface area contributed by atoms with Crippen LogP contribution in [0.15, 0.2) is 46.9 Å². The van der Waals surface area contributed by atoms with E-state index in [1.807, 2.05) is 0 Å². The first-order valence-corrected chi connectivity index (χ1v) is 7.67. The van der Waals surface area contributed by atoms with Gasteiger partial charge in [-0.1, -0.05) is 30.3 Å². The standard InChI is InChI=1S/C15H12BrI/c16-14-9-11(7-8-15(14)17)13-4-2-1-3-12(13)10-5-6-10/h1-4,7-10H,5-6H2. The molecule has 2 heteroatoms. The van der Waals surface area contributed by atoms with Crippen molar-refractivity contribution in [1.29, 1.82) is 0 Å². The van der Waals surface area contributed by atoms with Gasteiger partial charge >= 0.3 is 0 Å². The minimum Gasteiger partial charge on any atom is -0.0619 e. The van der Waals surface area contributed by atoms with Gasteiger partial charge in [-0.3, -0.25) is 0 Å². The van der Waals surface area contributed by atoms with Gasteiger partial charge in [0, 0.05) is 8.04 Å². The zero-order valence-electron chi connectivity index (χ0n) is 9.29. The first-order chi connectivity index (χ1) is 8.25. The summed E-state index contributed by atoms with van der Waals surface area (Å²) in [6.45, 7) is 0. The Labute approximate surface area is 124 Å². The maximum atomic E-state index is 3.61. The predicted molar refractivity (Wildman–Crippen MR) is 84.3 cm³/mol. The van der Waals surface area contributed by atoms with Gasteiger partial charge < -0.3 is 0 Å². The van der Waals surface area contributed by atoms with Crippen LogP contribution in [0.25, 0.3) is 11.1 Å². The van der Waals surface area contributed by atoms with Gasteiger partial charge in [0.2, 0.25) is 0 Å². The van der Waals surface area contributed by atoms with Gasteiger partial charge in [-0.2, -0.15) is 0 Å². The van der Waals surface area contributed by atoms with Crippen molar-refractivity contribution in [3.8, 4) is 11.1 Å². The highest BCUT2D eigenvalue weighted by molar-refractivity contribution is 14.1. The largest absolute Gasteiger partial charge is 0.0619 e. The molecule has 0 saturated heterocycles. The first kappa shape index (κ1) is 11.7. The maximum Gasteiger partial charge on any atom is 0.0315 e. The molecule has 0 aromatic heterocycles. The molecular weight excluding hydrogens is 387 g/mol. The highest BCUT2D eigenvalue weighted by Crippen LogP contribution is 2.44. The van der Waals surface area contributed by atoms with Gasteiger partial charge in [-0.05, 0) is 86.1 Å². The van der Waals surface area contributed by atoms with E-state index >= 15 is 0 Å². The number of rotatable bonds is 2. The lowest BCUT2D eigenvalue weighted by Crippen LogP contribution is -1.87. The van der Waals surface area contributed by atoms with Gasteiger partial charge in [-0.25, -0.2) is 0 Å². The molecule has 1 aliphatic carbocycles. The highest BCUT2D eigenvalue weighted by atomic mass is 127. The monoisotopic (exact) mass is 398 g/mol. The second kappa shape index (κ2) is 4.73. The molecule has 1 saturated carbocycles. The van der Waals surface area contributed by atoms with Crippen LogP contribution < -0.4 is 0 Å². The summed E-state index contributed by atoms with van der Waals surface area (Å²) in [5, 5.41) is 0. The predicted octanol–water partition coefficient (Wildman–Crippen LogP) is 5.60. The highest BCUT2D eigenvalue weighted by Gasteiger charge is 2.25. The fourth-order valence-corrected chi connectivity index (χ4v) is 2.89. The van der Waals surface area contributed by atoms with Crippen molar-refractivity contribution in [3.05, 3.63) is 56.1 Å². The zero-order valence-corrected chi connectivity index (χ0v) is 13.0. The van der Waals surface area contributed by atoms with E-state index in [-0.39, 0.29) is 0 Å². The second-order valence-electron chi connectivity index (χ2n) is 4.49. The van der Waals surface area contributed by atoms with E-state index in [1.165, 1.54) is 37.6 Å². The summed E-state index contributed by atoms with van der Waals surface area (Å²) < 4.78 is 2.44. The molecule has 0 bridgehead atoms. The average molecular weight is 399 g/mol. The van der Waals surface area contributed by atoms with Crippen LogP contribution in [0.4, 0.5) is 0 Å². The van der Waals surface area contributed by atoms with Crippen molar-refractivity contribution >= 4 is 38.5 Å². The van der Waals surface area contributed by atoms with Crippen LogP contribution in [-0.2, 0) is 0 Å². The Morgan fingerprint density at radius 2 is 1.82 bits per heavy atom. The van der Waals surface area contributed by atoms with Gasteiger partial charge in [0.05, 0.1) is 0 Å². The number of benzene rings is 2. The smallest absolute Gasteiger partial charge is 0.0315 e. The van der Waals surface area contributed by atoms with E-state index in [4.69, 9.17) is 0 Å². The molecule has 1 aliphatic rings. The third-order valence-corrected chi connectivity index (χ3v) is 5.55. The van der Waals surface area contributed by atoms with Crippen LogP contribution in [0.3, 0.4) is 0 Å². The molecule has 1 fully saturated rings. The molecule has 0 radical (unpaired) electrons. The molecule has 2 aromatic carbocycles. The van der Waals surface area contributed by atoms with Crippen molar-refractivity contribution in [2.75, 3.05) is 0 Å². The Morgan fingerprint density at radius 3 is 2.53 bits per heavy atom. The van der Waals surface area contributed by atoms with E-state index in [0.29, 0.717) is 0 Å². The van der Waals surface area contributed by atoms with Crippen molar-refractivity contribution in [3.63, 3.8) is 0 Å². The minimum absolute atomic E-state index is 0.796. The molecule has 0 heterocycles. The van der Waals surface area contributed by atoms with Crippen LogP contribution in [-0.4, -0.2) is 0 Å². The lowest BCUT2D eigenvalue weighted by Gasteiger charge is -2.09. The Morgan fingerprint density at radius 1 is 1.06 bits per heavy atom. The van der Waals surface area contributed by atoms with E-state index in [9.17, 15) is 0 Å². The van der Waals surface area contributed by atoms with Crippen LogP contribution in [0.5, 0.6) is 0 Å². The number of hydrogen-bond donors (Lipinski definition) is 0. The lowest BCUT2D eigenvalue weighted by molar-refractivity contribution is 1.13. The molecule has 0 amide bonds. The van der Waals surface area contributed by atoms with Gasteiger partial charge in [0.15, 0.2) is 0 Å². The third kappa shape index (κ3) is 2.43. The minimum atomic E-state index is 0.796. The van der Waals surface area contributed by atoms with E-state index in [0.717, 1.165) is 5.92 Å². The Hall–Kier alpha value is -0.350. The van der Waals surface area contributed by atoms with E-state index < -0.39 is 0 Å². The molecule has 2 aromatic rings. The van der Waals surface area contributed by atoms with Crippen molar-refractivity contribution < 1.29 is 0 Å². The molecule has 0 atom stereocenters. The normalized spacial score (nSPS) is 14.9. The Balaban J connectivity index is 2.11. The number of hydrogen-bond acceptors (Lipinski definition) is 0. The summed E-state index contributed by atoms with van der Waals surface area (Å²) in [5.74, 6) is 0.796. The summed E-state index contributed by atoms with van der Waals surface area (Å²) in [4.78, 5) is 0. The summed E-state index contributed by atoms with van der Waals surface area (Å²) in [6.07, 6.45) is 2.70. The fourth-order valence-electron chi connectivity index (χ4n) is 2.17. The van der Waals surface area contributed by atoms with Gasteiger partial charge in [0.1, 0.15) is 0 Å². The average Bonchev–Trinajstić information content (AvgIpc) is 3.17. The van der Waals surface area contributed by atoms with Crippen LogP contribution in [0, 0.1) is 3.57 Å². The molecule has 17 heavy (non-hydrogen) atoms. The summed E-state index contributed by atoms with van der Waals surface area (Å²) in [6, 6.07) is 15.4. The molecule has 0 unspecified atom stereocenters. The van der Waals surface area contributed by atoms with Crippen LogP contribution in [0.1, 0.15) is 24.3 Å². The SMILES string of the molecule is Brc1cc(-c2ccccc2C2CC2)ccc1I. The van der Waals surface area contributed by atoms with E-state index in [1.54, 1.807) is 0 Å². The zero-order chi connectivity index (χ0) is 11.8. The fraction of sp³-hybridized carbons (Fsp3) is 0.200. The third-order valence-electron chi connectivity index (χ3n) is 3.21. The first-order valence-electron chi connectivity index (χ1n) is 5.80. The molecule has 86 valence electrons. The molecule has 0 N–H and O–H groups in total. The molecule has 0 nitrogen and oxygen atoms in total. The second-order valence-corrected chi connectivity index (χ2v) is 6.51. The molecular formula is C15H12BrI.